The van der Waals surface area contributed by atoms with Crippen molar-refractivity contribution in [1.29, 1.82) is 0 Å². The number of esters is 1. The number of ketones is 1. The smallest absolute Gasteiger partial charge is 0.338 e. The Morgan fingerprint density at radius 3 is 2.43 bits per heavy atom. The second-order valence-corrected chi connectivity index (χ2v) is 12.9. The average molecular weight is 501 g/mol. The Hall–Kier alpha value is -2.46. The molecule has 0 N–H and O–H groups in total. The van der Waals surface area contributed by atoms with Crippen molar-refractivity contribution < 1.29 is 19.1 Å². The van der Waals surface area contributed by atoms with Crippen molar-refractivity contribution in [2.75, 3.05) is 6.61 Å². The first kappa shape index (κ1) is 24.9. The standard InChI is InChI=1S/C33H40O4/c1-31(22-36-21-23-10-5-3-6-11-23)15-9-16-32(2)29(31)28(37-30(35)24-12-7-4-8-13-24)19-26-18-25-20-33(26,32)17-14-27(25)34/h3-8,10-13,25-26,28-29H,9,14-22H2,1-2H3/t25-,26-,28-,29+,31+,32+,33+/m0/s1. The van der Waals surface area contributed by atoms with E-state index in [2.05, 4.69) is 38.1 Å². The van der Waals surface area contributed by atoms with Crippen LogP contribution in [0.5, 0.6) is 0 Å². The Labute approximate surface area is 221 Å². The van der Waals surface area contributed by atoms with Crippen LogP contribution < -0.4 is 0 Å². The maximum Gasteiger partial charge on any atom is 0.338 e. The summed E-state index contributed by atoms with van der Waals surface area (Å²) in [5.41, 5.74) is 1.90. The topological polar surface area (TPSA) is 52.6 Å². The Bertz CT molecular complexity index is 1150. The minimum Gasteiger partial charge on any atom is -0.458 e. The normalized spacial score (nSPS) is 38.5. The van der Waals surface area contributed by atoms with Gasteiger partial charge in [-0.3, -0.25) is 4.79 Å². The molecule has 4 fully saturated rings. The van der Waals surface area contributed by atoms with E-state index in [1.54, 1.807) is 0 Å². The minimum atomic E-state index is -0.223. The predicted octanol–water partition coefficient (Wildman–Crippen LogP) is 7.02. The summed E-state index contributed by atoms with van der Waals surface area (Å²) < 4.78 is 12.9. The van der Waals surface area contributed by atoms with Crippen molar-refractivity contribution in [2.24, 2.45) is 34.0 Å². The SMILES string of the molecule is C[C@]1(COCc2ccccc2)CCC[C@]2(C)[C@@H]1[C@@H](OC(=O)c1ccccc1)C[C@@H]1C[C@H]3C[C@]12CCC3=O. The number of hydrogen-bond acceptors (Lipinski definition) is 4. The van der Waals surface area contributed by atoms with Gasteiger partial charge in [0.05, 0.1) is 18.8 Å². The molecule has 2 bridgehead atoms. The molecule has 4 aliphatic rings. The van der Waals surface area contributed by atoms with Crippen LogP contribution >= 0.6 is 0 Å². The lowest BCUT2D eigenvalue weighted by Gasteiger charge is -2.66. The van der Waals surface area contributed by atoms with Gasteiger partial charge in [-0.05, 0) is 78.4 Å². The zero-order chi connectivity index (χ0) is 25.7. The van der Waals surface area contributed by atoms with Crippen LogP contribution in [-0.4, -0.2) is 24.5 Å². The molecule has 4 nitrogen and oxygen atoms in total. The Kier molecular flexibility index (Phi) is 6.30. The van der Waals surface area contributed by atoms with Crippen molar-refractivity contribution in [1.82, 2.24) is 0 Å². The molecule has 0 amide bonds. The van der Waals surface area contributed by atoms with Crippen LogP contribution in [-0.2, 0) is 20.9 Å². The van der Waals surface area contributed by atoms with Crippen molar-refractivity contribution in [3.05, 3.63) is 71.8 Å². The second-order valence-electron chi connectivity index (χ2n) is 12.9. The summed E-state index contributed by atoms with van der Waals surface area (Å²) in [5, 5.41) is 0. The van der Waals surface area contributed by atoms with E-state index < -0.39 is 0 Å². The van der Waals surface area contributed by atoms with Gasteiger partial charge in [0, 0.05) is 18.3 Å². The molecule has 2 aromatic carbocycles. The van der Waals surface area contributed by atoms with Gasteiger partial charge in [0.25, 0.3) is 0 Å². The lowest BCUT2D eigenvalue weighted by molar-refractivity contribution is -0.218. The largest absolute Gasteiger partial charge is 0.458 e. The first-order chi connectivity index (χ1) is 17.8. The number of ether oxygens (including phenoxy) is 2. The molecular weight excluding hydrogens is 460 g/mol. The van der Waals surface area contributed by atoms with Crippen LogP contribution in [0.15, 0.2) is 60.7 Å². The van der Waals surface area contributed by atoms with Crippen LogP contribution in [0.25, 0.3) is 0 Å². The zero-order valence-electron chi connectivity index (χ0n) is 22.3. The van der Waals surface area contributed by atoms with E-state index >= 15 is 0 Å². The van der Waals surface area contributed by atoms with Crippen LogP contribution in [0.2, 0.25) is 0 Å². The molecule has 0 aromatic heterocycles. The molecule has 196 valence electrons. The third kappa shape index (κ3) is 4.07. The van der Waals surface area contributed by atoms with E-state index in [9.17, 15) is 9.59 Å². The quantitative estimate of drug-likeness (QED) is 0.400. The van der Waals surface area contributed by atoms with Gasteiger partial charge in [-0.2, -0.15) is 0 Å². The van der Waals surface area contributed by atoms with Gasteiger partial charge in [-0.25, -0.2) is 4.79 Å². The number of hydrogen-bond donors (Lipinski definition) is 0. The number of carbonyl (C=O) groups is 2. The molecule has 0 heterocycles. The van der Waals surface area contributed by atoms with Gasteiger partial charge in [0.1, 0.15) is 11.9 Å². The van der Waals surface area contributed by atoms with Crippen molar-refractivity contribution in [3.63, 3.8) is 0 Å². The van der Waals surface area contributed by atoms with Gasteiger partial charge in [0.2, 0.25) is 0 Å². The Balaban J connectivity index is 1.33. The summed E-state index contributed by atoms with van der Waals surface area (Å²) in [6.07, 6.45) is 7.81. The van der Waals surface area contributed by atoms with Gasteiger partial charge < -0.3 is 9.47 Å². The fourth-order valence-corrected chi connectivity index (χ4v) is 9.48. The number of Topliss-reactive ketones (excluding diaryl/α,β-unsaturated/α-hetero) is 1. The molecule has 6 rings (SSSR count). The summed E-state index contributed by atoms with van der Waals surface area (Å²) in [7, 11) is 0. The van der Waals surface area contributed by atoms with Crippen LogP contribution in [0.3, 0.4) is 0 Å². The molecule has 0 saturated heterocycles. The molecule has 7 atom stereocenters. The Morgan fingerprint density at radius 1 is 0.946 bits per heavy atom. The minimum absolute atomic E-state index is 0.0239. The first-order valence-electron chi connectivity index (χ1n) is 14.3. The summed E-state index contributed by atoms with van der Waals surface area (Å²) >= 11 is 0. The number of rotatable bonds is 6. The number of benzene rings is 2. The number of carbonyl (C=O) groups excluding carboxylic acids is 2. The molecule has 4 aliphatic carbocycles. The summed E-state index contributed by atoms with van der Waals surface area (Å²) in [6.45, 7) is 6.12. The third-order valence-corrected chi connectivity index (χ3v) is 11.0. The second kappa shape index (κ2) is 9.38. The predicted molar refractivity (Wildman–Crippen MR) is 143 cm³/mol. The first-order valence-corrected chi connectivity index (χ1v) is 14.3. The molecule has 0 unspecified atom stereocenters. The van der Waals surface area contributed by atoms with Crippen LogP contribution in [0.1, 0.15) is 81.1 Å². The number of fused-ring (bicyclic) bond motifs is 2. The molecular formula is C33H40O4. The highest BCUT2D eigenvalue weighted by atomic mass is 16.5. The molecule has 0 aliphatic heterocycles. The van der Waals surface area contributed by atoms with E-state index in [4.69, 9.17) is 9.47 Å². The van der Waals surface area contributed by atoms with E-state index in [0.717, 1.165) is 51.4 Å². The lowest BCUT2D eigenvalue weighted by Crippen LogP contribution is -2.64. The van der Waals surface area contributed by atoms with Crippen molar-refractivity contribution in [3.8, 4) is 0 Å². The summed E-state index contributed by atoms with van der Waals surface area (Å²) in [4.78, 5) is 26.2. The van der Waals surface area contributed by atoms with Gasteiger partial charge in [-0.1, -0.05) is 68.8 Å². The monoisotopic (exact) mass is 500 g/mol. The highest BCUT2D eigenvalue weighted by molar-refractivity contribution is 5.89. The molecule has 4 heteroatoms. The van der Waals surface area contributed by atoms with Gasteiger partial charge in [0.15, 0.2) is 0 Å². The molecule has 37 heavy (non-hydrogen) atoms. The van der Waals surface area contributed by atoms with Gasteiger partial charge in [-0.15, -0.1) is 0 Å². The fraction of sp³-hybridized carbons (Fsp3) is 0.576. The van der Waals surface area contributed by atoms with E-state index in [0.29, 0.717) is 30.5 Å². The third-order valence-electron chi connectivity index (χ3n) is 11.0. The highest BCUT2D eigenvalue weighted by Crippen LogP contribution is 2.74. The van der Waals surface area contributed by atoms with E-state index in [1.165, 1.54) is 5.56 Å². The maximum atomic E-state index is 13.4. The van der Waals surface area contributed by atoms with E-state index in [1.807, 2.05) is 36.4 Å². The maximum absolute atomic E-state index is 13.4. The van der Waals surface area contributed by atoms with Crippen LogP contribution in [0.4, 0.5) is 0 Å². The fourth-order valence-electron chi connectivity index (χ4n) is 9.48. The summed E-state index contributed by atoms with van der Waals surface area (Å²) in [5.74, 6) is 1.09. The zero-order valence-corrected chi connectivity index (χ0v) is 22.3. The van der Waals surface area contributed by atoms with Gasteiger partial charge >= 0.3 is 5.97 Å². The van der Waals surface area contributed by atoms with E-state index in [-0.39, 0.29) is 40.2 Å². The summed E-state index contributed by atoms with van der Waals surface area (Å²) in [6, 6.07) is 19.8. The Morgan fingerprint density at radius 2 is 1.68 bits per heavy atom. The molecule has 4 saturated carbocycles. The molecule has 2 aromatic rings. The lowest BCUT2D eigenvalue weighted by atomic mass is 9.39. The highest BCUT2D eigenvalue weighted by Gasteiger charge is 2.70. The van der Waals surface area contributed by atoms with Crippen molar-refractivity contribution >= 4 is 11.8 Å². The molecule has 1 spiro atoms. The average Bonchev–Trinajstić information content (AvgIpc) is 3.22. The molecule has 0 radical (unpaired) electrons. The van der Waals surface area contributed by atoms with Crippen LogP contribution in [0, 0.1) is 34.0 Å². The van der Waals surface area contributed by atoms with Crippen molar-refractivity contribution in [2.45, 2.75) is 77.9 Å².